The lowest BCUT2D eigenvalue weighted by atomic mass is 9.62. The minimum absolute atomic E-state index is 0.0129. The highest BCUT2D eigenvalue weighted by Crippen LogP contribution is 2.81. The second-order valence-corrected chi connectivity index (χ2v) is 15.9. The molecule has 1 aromatic rings. The number of allylic oxidation sites excluding steroid dienone is 2. The third-order valence-electron chi connectivity index (χ3n) is 8.55. The largest absolute Gasteiger partial charge is 0.274 e. The Morgan fingerprint density at radius 1 is 1.04 bits per heavy atom. The van der Waals surface area contributed by atoms with E-state index in [0.29, 0.717) is 23.3 Å². The number of carbonyl (C=O) groups excluding carboxylic acids is 2. The van der Waals surface area contributed by atoms with Gasteiger partial charge >= 0.3 is 0 Å². The number of para-hydroxylation sites is 1. The van der Waals surface area contributed by atoms with Crippen molar-refractivity contribution in [2.45, 2.75) is 44.4 Å². The normalized spacial score (nSPS) is 44.1. The van der Waals surface area contributed by atoms with Crippen molar-refractivity contribution in [1.29, 1.82) is 0 Å². The fraction of sp³-hybridized carbons (Fsp3) is 0.565. The molecule has 1 aromatic carbocycles. The van der Waals surface area contributed by atoms with E-state index in [2.05, 4.69) is 25.7 Å². The van der Waals surface area contributed by atoms with Crippen LogP contribution in [0.15, 0.2) is 42.0 Å². The molecule has 0 N–H and O–H groups in total. The number of imide groups is 1. The van der Waals surface area contributed by atoms with Gasteiger partial charge in [0.05, 0.1) is 17.5 Å². The Morgan fingerprint density at radius 2 is 1.78 bits per heavy atom. The summed E-state index contributed by atoms with van der Waals surface area (Å²) in [6.07, 6.45) is 6.32. The quantitative estimate of drug-likeness (QED) is 0.433. The van der Waals surface area contributed by atoms with E-state index in [0.717, 1.165) is 5.69 Å². The molecule has 4 heteroatoms. The SMILES string of the molecule is C[Si](C)(C)[C@H]1[C@H]2C=C3[C@H]4CC[C@@H](C4)[C@]31[C@@H]1C(=O)N(c3ccccc3)C(=O)[C@H]21. The number of amides is 2. The minimum Gasteiger partial charge on any atom is -0.274 e. The molecule has 1 spiro atoms. The number of anilines is 1. The van der Waals surface area contributed by atoms with Crippen molar-refractivity contribution >= 4 is 25.6 Å². The zero-order valence-electron chi connectivity index (χ0n) is 16.3. The van der Waals surface area contributed by atoms with Crippen LogP contribution in [0, 0.1) is 35.0 Å². The van der Waals surface area contributed by atoms with E-state index in [-0.39, 0.29) is 29.1 Å². The number of rotatable bonds is 2. The molecule has 4 aliphatic carbocycles. The molecule has 140 valence electrons. The molecule has 5 aliphatic rings. The Labute approximate surface area is 161 Å². The molecule has 0 aromatic heterocycles. The van der Waals surface area contributed by atoms with Gasteiger partial charge in [-0.25, -0.2) is 0 Å². The summed E-state index contributed by atoms with van der Waals surface area (Å²) in [6, 6.07) is 9.59. The zero-order chi connectivity index (χ0) is 18.7. The third kappa shape index (κ3) is 1.66. The van der Waals surface area contributed by atoms with Crippen molar-refractivity contribution in [3.63, 3.8) is 0 Å². The smallest absolute Gasteiger partial charge is 0.238 e. The standard InChI is InChI=1S/C23H27NO2Si/c1-27(2,3)20-16-12-17-13-9-10-14(11-13)23(17,20)19-18(16)21(25)24(22(19)26)15-7-5-4-6-8-15/h4-8,12-14,16,18-20H,9-11H2,1-3H3/t13-,14-,16-,18+,19-,20-,23+/m0/s1. The zero-order valence-corrected chi connectivity index (χ0v) is 17.3. The van der Waals surface area contributed by atoms with Crippen LogP contribution in [0.25, 0.3) is 0 Å². The number of carbonyl (C=O) groups is 2. The Balaban J connectivity index is 1.54. The minimum atomic E-state index is -1.52. The number of hydrogen-bond acceptors (Lipinski definition) is 2. The molecule has 1 heterocycles. The summed E-state index contributed by atoms with van der Waals surface area (Å²) >= 11 is 0. The van der Waals surface area contributed by atoms with Gasteiger partial charge in [-0.1, -0.05) is 49.5 Å². The molecule has 1 saturated heterocycles. The number of hydrogen-bond donors (Lipinski definition) is 0. The fourth-order valence-corrected chi connectivity index (χ4v) is 11.7. The highest BCUT2D eigenvalue weighted by molar-refractivity contribution is 6.78. The van der Waals surface area contributed by atoms with Crippen molar-refractivity contribution in [1.82, 2.24) is 0 Å². The van der Waals surface area contributed by atoms with E-state index in [1.165, 1.54) is 24.2 Å². The molecule has 3 nitrogen and oxygen atoms in total. The molecular formula is C23H27NO2Si. The molecule has 6 rings (SSSR count). The first-order chi connectivity index (χ1) is 12.9. The number of benzene rings is 1. The van der Waals surface area contributed by atoms with Crippen molar-refractivity contribution in [2.75, 3.05) is 4.90 Å². The molecule has 27 heavy (non-hydrogen) atoms. The van der Waals surface area contributed by atoms with Crippen molar-refractivity contribution in [3.8, 4) is 0 Å². The van der Waals surface area contributed by atoms with Crippen molar-refractivity contribution in [2.24, 2.45) is 35.0 Å². The maximum Gasteiger partial charge on any atom is 0.238 e. The van der Waals surface area contributed by atoms with Crippen LogP contribution in [0.1, 0.15) is 19.3 Å². The Kier molecular flexibility index (Phi) is 2.91. The molecule has 7 atom stereocenters. The maximum atomic E-state index is 13.8. The summed E-state index contributed by atoms with van der Waals surface area (Å²) in [7, 11) is -1.52. The topological polar surface area (TPSA) is 37.4 Å². The van der Waals surface area contributed by atoms with Crippen LogP contribution in [-0.2, 0) is 9.59 Å². The predicted molar refractivity (Wildman–Crippen MR) is 108 cm³/mol. The van der Waals surface area contributed by atoms with Crippen molar-refractivity contribution < 1.29 is 9.59 Å². The molecule has 4 bridgehead atoms. The monoisotopic (exact) mass is 377 g/mol. The van der Waals surface area contributed by atoms with Gasteiger partial charge in [-0.3, -0.25) is 14.5 Å². The predicted octanol–water partition coefficient (Wildman–Crippen LogP) is 4.49. The van der Waals surface area contributed by atoms with Crippen LogP contribution in [0.3, 0.4) is 0 Å². The lowest BCUT2D eigenvalue weighted by Gasteiger charge is -2.47. The van der Waals surface area contributed by atoms with Crippen LogP contribution in [0.5, 0.6) is 0 Å². The van der Waals surface area contributed by atoms with Gasteiger partial charge in [-0.05, 0) is 54.7 Å². The van der Waals surface area contributed by atoms with Gasteiger partial charge in [0.15, 0.2) is 0 Å². The summed E-state index contributed by atoms with van der Waals surface area (Å²) < 4.78 is 0. The number of fused-ring (bicyclic) bond motifs is 6. The third-order valence-corrected chi connectivity index (χ3v) is 11.3. The molecule has 1 aliphatic heterocycles. The van der Waals surface area contributed by atoms with E-state index >= 15 is 0 Å². The lowest BCUT2D eigenvalue weighted by molar-refractivity contribution is -0.124. The maximum absolute atomic E-state index is 13.8. The van der Waals surface area contributed by atoms with Gasteiger partial charge in [-0.15, -0.1) is 0 Å². The summed E-state index contributed by atoms with van der Waals surface area (Å²) in [4.78, 5) is 28.8. The number of nitrogens with zero attached hydrogens (tertiary/aromatic N) is 1. The lowest BCUT2D eigenvalue weighted by Crippen LogP contribution is -2.48. The van der Waals surface area contributed by atoms with Gasteiger partial charge in [-0.2, -0.15) is 0 Å². The van der Waals surface area contributed by atoms with Crippen LogP contribution in [-0.4, -0.2) is 19.9 Å². The first-order valence-electron chi connectivity index (χ1n) is 10.5. The average Bonchev–Trinajstić information content (AvgIpc) is 3.38. The van der Waals surface area contributed by atoms with Crippen LogP contribution < -0.4 is 4.90 Å². The summed E-state index contributed by atoms with van der Waals surface area (Å²) in [5.41, 5.74) is 2.94. The second-order valence-electron chi connectivity index (χ2n) is 10.5. The van der Waals surface area contributed by atoms with Crippen LogP contribution >= 0.6 is 0 Å². The van der Waals surface area contributed by atoms with Crippen LogP contribution in [0.4, 0.5) is 5.69 Å². The first-order valence-corrected chi connectivity index (χ1v) is 14.1. The van der Waals surface area contributed by atoms with E-state index in [4.69, 9.17) is 0 Å². The molecular weight excluding hydrogens is 350 g/mol. The van der Waals surface area contributed by atoms with Crippen molar-refractivity contribution in [3.05, 3.63) is 42.0 Å². The van der Waals surface area contributed by atoms with Crippen LogP contribution in [0.2, 0.25) is 25.2 Å². The summed E-state index contributed by atoms with van der Waals surface area (Å²) in [6.45, 7) is 7.38. The fourth-order valence-electron chi connectivity index (χ4n) is 8.27. The molecule has 0 unspecified atom stereocenters. The van der Waals surface area contributed by atoms with Gasteiger partial charge < -0.3 is 0 Å². The average molecular weight is 378 g/mol. The Hall–Kier alpha value is -1.68. The van der Waals surface area contributed by atoms with E-state index in [1.807, 2.05) is 30.3 Å². The second kappa shape index (κ2) is 4.83. The molecule has 4 fully saturated rings. The molecule has 2 amide bonds. The van der Waals surface area contributed by atoms with Gasteiger partial charge in [0.1, 0.15) is 0 Å². The highest BCUT2D eigenvalue weighted by Gasteiger charge is 2.79. The Bertz CT molecular complexity index is 901. The molecule has 0 radical (unpaired) electrons. The highest BCUT2D eigenvalue weighted by atomic mass is 28.3. The Morgan fingerprint density at radius 3 is 2.48 bits per heavy atom. The summed E-state index contributed by atoms with van der Waals surface area (Å²) in [5, 5.41) is 0. The van der Waals surface area contributed by atoms with Gasteiger partial charge in [0.25, 0.3) is 0 Å². The van der Waals surface area contributed by atoms with E-state index in [1.54, 1.807) is 5.57 Å². The molecule has 3 saturated carbocycles. The van der Waals surface area contributed by atoms with E-state index < -0.39 is 8.07 Å². The first kappa shape index (κ1) is 16.3. The van der Waals surface area contributed by atoms with Gasteiger partial charge in [0.2, 0.25) is 11.8 Å². The van der Waals surface area contributed by atoms with E-state index in [9.17, 15) is 9.59 Å². The van der Waals surface area contributed by atoms with Gasteiger partial charge in [0, 0.05) is 13.5 Å². The summed E-state index contributed by atoms with van der Waals surface area (Å²) in [5.74, 6) is 1.57.